The highest BCUT2D eigenvalue weighted by atomic mass is 32.2. The van der Waals surface area contributed by atoms with Crippen LogP contribution in [0.4, 0.5) is 5.69 Å². The average Bonchev–Trinajstić information content (AvgIpc) is 3.08. The Labute approximate surface area is 195 Å². The number of anilines is 1. The van der Waals surface area contributed by atoms with Crippen molar-refractivity contribution in [2.24, 2.45) is 11.8 Å². The maximum atomic E-state index is 12.9. The first-order valence-electron chi connectivity index (χ1n) is 11.7. The van der Waals surface area contributed by atoms with Crippen molar-refractivity contribution in [1.29, 1.82) is 0 Å². The summed E-state index contributed by atoms with van der Waals surface area (Å²) in [6, 6.07) is 6.14. The van der Waals surface area contributed by atoms with Crippen LogP contribution in [0.25, 0.3) is 0 Å². The topological polar surface area (TPSA) is 104 Å². The third-order valence-corrected chi connectivity index (χ3v) is 8.99. The minimum absolute atomic E-state index is 0.00514. The van der Waals surface area contributed by atoms with Crippen LogP contribution in [0.2, 0.25) is 0 Å². The first-order valence-corrected chi connectivity index (χ1v) is 13.1. The number of carbonyl (C=O) groups is 3. The van der Waals surface area contributed by atoms with Crippen molar-refractivity contribution >= 4 is 33.4 Å². The summed E-state index contributed by atoms with van der Waals surface area (Å²) in [5, 5.41) is 2.72. The highest BCUT2D eigenvalue weighted by molar-refractivity contribution is 7.89. The molecule has 3 amide bonds. The van der Waals surface area contributed by atoms with Gasteiger partial charge < -0.3 is 5.32 Å². The molecule has 1 saturated heterocycles. The molecule has 0 bridgehead atoms. The van der Waals surface area contributed by atoms with E-state index in [2.05, 4.69) is 5.32 Å². The van der Waals surface area contributed by atoms with Crippen molar-refractivity contribution < 1.29 is 22.8 Å². The molecule has 9 heteroatoms. The maximum absolute atomic E-state index is 12.9. The first-order chi connectivity index (χ1) is 15.8. The smallest absolute Gasteiger partial charge is 0.243 e. The Morgan fingerprint density at radius 2 is 1.58 bits per heavy atom. The third-order valence-electron chi connectivity index (χ3n) is 7.07. The molecule has 1 saturated carbocycles. The number of benzene rings is 1. The van der Waals surface area contributed by atoms with E-state index in [9.17, 15) is 22.8 Å². The number of hydrogen-bond donors (Lipinski definition) is 1. The molecule has 0 aromatic heterocycles. The molecule has 1 N–H and O–H groups in total. The van der Waals surface area contributed by atoms with E-state index in [0.29, 0.717) is 18.5 Å². The van der Waals surface area contributed by atoms with E-state index in [4.69, 9.17) is 0 Å². The van der Waals surface area contributed by atoms with Crippen molar-refractivity contribution in [3.63, 3.8) is 0 Å². The second-order valence-corrected chi connectivity index (χ2v) is 11.1. The van der Waals surface area contributed by atoms with Crippen LogP contribution in [-0.4, -0.2) is 55.0 Å². The predicted octanol–water partition coefficient (Wildman–Crippen LogP) is 2.92. The second kappa shape index (κ2) is 9.77. The largest absolute Gasteiger partial charge is 0.326 e. The Morgan fingerprint density at radius 1 is 1.00 bits per heavy atom. The lowest BCUT2D eigenvalue weighted by Gasteiger charge is -2.30. The van der Waals surface area contributed by atoms with Crippen LogP contribution in [0.5, 0.6) is 0 Å². The van der Waals surface area contributed by atoms with Crippen LogP contribution in [0.15, 0.2) is 41.3 Å². The average molecular weight is 474 g/mol. The van der Waals surface area contributed by atoms with Crippen LogP contribution >= 0.6 is 0 Å². The summed E-state index contributed by atoms with van der Waals surface area (Å²) in [6.45, 7) is 0.0507. The standard InChI is InChI=1S/C24H31N3O5S/c1-26(18-7-3-2-4-8-18)33(31,32)19-13-11-17(12-14-19)25-22(28)15-16-27-23(29)20-9-5-6-10-21(20)24(27)30/h5-6,11-14,18,20-21H,2-4,7-10,15-16H2,1H3,(H,25,28)/t20-,21-/m0/s1. The number of carbonyl (C=O) groups excluding carboxylic acids is 3. The fourth-order valence-electron chi connectivity index (χ4n) is 5.04. The van der Waals surface area contributed by atoms with E-state index < -0.39 is 10.0 Å². The van der Waals surface area contributed by atoms with Crippen molar-refractivity contribution in [3.8, 4) is 0 Å². The van der Waals surface area contributed by atoms with Crippen molar-refractivity contribution in [2.75, 3.05) is 18.9 Å². The van der Waals surface area contributed by atoms with Gasteiger partial charge in [-0.05, 0) is 49.9 Å². The van der Waals surface area contributed by atoms with Crippen molar-refractivity contribution in [3.05, 3.63) is 36.4 Å². The van der Waals surface area contributed by atoms with E-state index in [1.807, 2.05) is 12.2 Å². The zero-order valence-corrected chi connectivity index (χ0v) is 19.7. The Balaban J connectivity index is 1.32. The SMILES string of the molecule is CN(C1CCCCC1)S(=O)(=O)c1ccc(NC(=O)CCN2C(=O)[C@H]3CC=CC[C@@H]3C2=O)cc1. The van der Waals surface area contributed by atoms with Gasteiger partial charge in [-0.3, -0.25) is 19.3 Å². The molecule has 3 aliphatic rings. The van der Waals surface area contributed by atoms with Crippen LogP contribution < -0.4 is 5.32 Å². The lowest BCUT2D eigenvalue weighted by Crippen LogP contribution is -2.38. The van der Waals surface area contributed by atoms with Crippen LogP contribution in [0.1, 0.15) is 51.4 Å². The number of rotatable bonds is 7. The molecule has 0 unspecified atom stereocenters. The summed E-state index contributed by atoms with van der Waals surface area (Å²) in [5.41, 5.74) is 0.469. The number of nitrogens with zero attached hydrogens (tertiary/aromatic N) is 2. The monoisotopic (exact) mass is 473 g/mol. The minimum atomic E-state index is -3.59. The van der Waals surface area contributed by atoms with Gasteiger partial charge in [-0.2, -0.15) is 4.31 Å². The molecule has 8 nitrogen and oxygen atoms in total. The Kier molecular flexibility index (Phi) is 6.99. The molecule has 1 aromatic rings. The molecule has 0 radical (unpaired) electrons. The first kappa shape index (κ1) is 23.6. The van der Waals surface area contributed by atoms with E-state index in [0.717, 1.165) is 32.1 Å². The van der Waals surface area contributed by atoms with Gasteiger partial charge in [-0.25, -0.2) is 8.42 Å². The maximum Gasteiger partial charge on any atom is 0.243 e. The van der Waals surface area contributed by atoms with E-state index in [-0.39, 0.29) is 53.5 Å². The molecule has 1 aliphatic heterocycles. The Hall–Kier alpha value is -2.52. The summed E-state index contributed by atoms with van der Waals surface area (Å²) in [7, 11) is -1.96. The molecule has 0 spiro atoms. The van der Waals surface area contributed by atoms with E-state index >= 15 is 0 Å². The number of fused-ring (bicyclic) bond motifs is 1. The van der Waals surface area contributed by atoms with Gasteiger partial charge in [0.2, 0.25) is 27.7 Å². The number of allylic oxidation sites excluding steroid dienone is 2. The molecule has 178 valence electrons. The number of imide groups is 1. The van der Waals surface area contributed by atoms with Gasteiger partial charge in [0.1, 0.15) is 0 Å². The lowest BCUT2D eigenvalue weighted by atomic mass is 9.85. The second-order valence-electron chi connectivity index (χ2n) is 9.12. The van der Waals surface area contributed by atoms with Gasteiger partial charge in [0.15, 0.2) is 0 Å². The van der Waals surface area contributed by atoms with Crippen molar-refractivity contribution in [2.45, 2.75) is 62.3 Å². The summed E-state index contributed by atoms with van der Waals surface area (Å²) < 4.78 is 27.4. The van der Waals surface area contributed by atoms with Gasteiger partial charge in [-0.15, -0.1) is 0 Å². The van der Waals surface area contributed by atoms with Gasteiger partial charge in [0, 0.05) is 31.7 Å². The Bertz CT molecular complexity index is 1020. The highest BCUT2D eigenvalue weighted by Crippen LogP contribution is 2.35. The highest BCUT2D eigenvalue weighted by Gasteiger charge is 2.46. The quantitative estimate of drug-likeness (QED) is 0.484. The van der Waals surface area contributed by atoms with E-state index in [1.165, 1.54) is 21.3 Å². The van der Waals surface area contributed by atoms with Crippen LogP contribution in [-0.2, 0) is 24.4 Å². The van der Waals surface area contributed by atoms with Gasteiger partial charge in [0.25, 0.3) is 0 Å². The molecule has 1 heterocycles. The number of sulfonamides is 1. The molecular formula is C24H31N3O5S. The summed E-state index contributed by atoms with van der Waals surface area (Å²) in [5.74, 6) is -1.32. The fraction of sp³-hybridized carbons (Fsp3) is 0.542. The molecule has 33 heavy (non-hydrogen) atoms. The third kappa shape index (κ3) is 4.89. The van der Waals surface area contributed by atoms with Crippen LogP contribution in [0.3, 0.4) is 0 Å². The molecule has 1 aromatic carbocycles. The molecule has 4 rings (SSSR count). The number of amides is 3. The number of hydrogen-bond acceptors (Lipinski definition) is 5. The lowest BCUT2D eigenvalue weighted by molar-refractivity contribution is -0.140. The fourth-order valence-corrected chi connectivity index (χ4v) is 6.46. The predicted molar refractivity (Wildman–Crippen MR) is 124 cm³/mol. The number of nitrogens with one attached hydrogen (secondary N) is 1. The number of likely N-dealkylation sites (tertiary alicyclic amines) is 1. The normalized spacial score (nSPS) is 23.8. The minimum Gasteiger partial charge on any atom is -0.326 e. The summed E-state index contributed by atoms with van der Waals surface area (Å²) in [6.07, 6.45) is 10.00. The van der Waals surface area contributed by atoms with Gasteiger partial charge in [-0.1, -0.05) is 31.4 Å². The van der Waals surface area contributed by atoms with E-state index in [1.54, 1.807) is 19.2 Å². The van der Waals surface area contributed by atoms with Crippen LogP contribution in [0, 0.1) is 11.8 Å². The zero-order valence-electron chi connectivity index (χ0n) is 18.9. The summed E-state index contributed by atoms with van der Waals surface area (Å²) in [4.78, 5) is 38.8. The van der Waals surface area contributed by atoms with Gasteiger partial charge in [0.05, 0.1) is 16.7 Å². The Morgan fingerprint density at radius 3 is 2.15 bits per heavy atom. The molecule has 2 aliphatic carbocycles. The molecular weight excluding hydrogens is 442 g/mol. The van der Waals surface area contributed by atoms with Gasteiger partial charge >= 0.3 is 0 Å². The summed E-state index contributed by atoms with van der Waals surface area (Å²) >= 11 is 0. The zero-order chi connectivity index (χ0) is 23.6. The molecule has 2 atom stereocenters. The van der Waals surface area contributed by atoms with Crippen molar-refractivity contribution in [1.82, 2.24) is 9.21 Å². The molecule has 2 fully saturated rings.